The fraction of sp³-hybridized carbons (Fsp3) is 0.333. The molecular weight excluding hydrogens is 313 g/mol. The number of hydrogen-bond acceptors (Lipinski definition) is 3. The zero-order valence-electron chi connectivity index (χ0n) is 12.8. The second-order valence-electron chi connectivity index (χ2n) is 6.68. The fourth-order valence-electron chi connectivity index (χ4n) is 3.85. The van der Waals surface area contributed by atoms with E-state index in [4.69, 9.17) is 17.3 Å². The number of para-hydroxylation sites is 2. The molecule has 120 valence electrons. The van der Waals surface area contributed by atoms with E-state index in [2.05, 4.69) is 15.9 Å². The summed E-state index contributed by atoms with van der Waals surface area (Å²) in [5.41, 5.74) is 8.92. The molecule has 0 atom stereocenters. The highest BCUT2D eigenvalue weighted by Crippen LogP contribution is 2.44. The van der Waals surface area contributed by atoms with Gasteiger partial charge in [0, 0.05) is 36.6 Å². The predicted octanol–water partition coefficient (Wildman–Crippen LogP) is 3.78. The van der Waals surface area contributed by atoms with E-state index in [1.165, 1.54) is 6.07 Å². The van der Waals surface area contributed by atoms with Crippen molar-refractivity contribution in [3.63, 3.8) is 0 Å². The van der Waals surface area contributed by atoms with E-state index < -0.39 is 0 Å². The van der Waals surface area contributed by atoms with E-state index in [0.717, 1.165) is 44.0 Å². The van der Waals surface area contributed by atoms with Gasteiger partial charge in [0.25, 0.3) is 0 Å². The third-order valence-corrected chi connectivity index (χ3v) is 5.25. The maximum Gasteiger partial charge on any atom is 0.147 e. The normalized spacial score (nSPS) is 19.2. The molecule has 3 nitrogen and oxygen atoms in total. The van der Waals surface area contributed by atoms with Gasteiger partial charge < -0.3 is 15.5 Å². The Morgan fingerprint density at radius 2 is 1.74 bits per heavy atom. The van der Waals surface area contributed by atoms with Crippen molar-refractivity contribution in [1.29, 1.82) is 0 Å². The van der Waals surface area contributed by atoms with E-state index in [1.807, 2.05) is 18.2 Å². The van der Waals surface area contributed by atoms with Crippen molar-refractivity contribution in [3.05, 3.63) is 53.3 Å². The Bertz CT molecular complexity index is 743. The molecule has 5 heteroatoms. The summed E-state index contributed by atoms with van der Waals surface area (Å²) in [5, 5.41) is 0.438. The van der Waals surface area contributed by atoms with E-state index in [0.29, 0.717) is 10.7 Å². The van der Waals surface area contributed by atoms with Gasteiger partial charge in [0.15, 0.2) is 0 Å². The molecular formula is C18H19ClFN3. The van der Waals surface area contributed by atoms with E-state index >= 15 is 0 Å². The fourth-order valence-corrected chi connectivity index (χ4v) is 4.00. The van der Waals surface area contributed by atoms with Gasteiger partial charge >= 0.3 is 0 Å². The first-order valence-electron chi connectivity index (χ1n) is 7.86. The van der Waals surface area contributed by atoms with Gasteiger partial charge in [0.1, 0.15) is 5.82 Å². The number of rotatable bonds is 2. The van der Waals surface area contributed by atoms with Crippen LogP contribution < -0.4 is 15.5 Å². The van der Waals surface area contributed by atoms with Crippen LogP contribution >= 0.6 is 11.6 Å². The van der Waals surface area contributed by atoms with Crippen molar-refractivity contribution in [2.75, 3.05) is 41.7 Å². The SMILES string of the molecule is Nc1ccccc1N1CCC2(C1)CN(c1ccc(Cl)cc1F)C2. The molecule has 23 heavy (non-hydrogen) atoms. The van der Waals surface area contributed by atoms with Crippen LogP contribution in [0.25, 0.3) is 0 Å². The lowest BCUT2D eigenvalue weighted by Gasteiger charge is -2.49. The largest absolute Gasteiger partial charge is 0.397 e. The number of nitrogens with zero attached hydrogens (tertiary/aromatic N) is 2. The average Bonchev–Trinajstić information content (AvgIpc) is 2.92. The predicted molar refractivity (Wildman–Crippen MR) is 93.7 cm³/mol. The van der Waals surface area contributed by atoms with E-state index in [9.17, 15) is 4.39 Å². The molecule has 0 bridgehead atoms. The van der Waals surface area contributed by atoms with Crippen molar-refractivity contribution >= 4 is 28.7 Å². The minimum Gasteiger partial charge on any atom is -0.397 e. The number of anilines is 3. The van der Waals surface area contributed by atoms with E-state index in [1.54, 1.807) is 12.1 Å². The van der Waals surface area contributed by atoms with Gasteiger partial charge in [-0.25, -0.2) is 4.39 Å². The summed E-state index contributed by atoms with van der Waals surface area (Å²) in [6.45, 7) is 3.75. The molecule has 0 amide bonds. The van der Waals surface area contributed by atoms with Crippen molar-refractivity contribution in [3.8, 4) is 0 Å². The molecule has 4 rings (SSSR count). The summed E-state index contributed by atoms with van der Waals surface area (Å²) < 4.78 is 14.0. The Labute approximate surface area is 140 Å². The molecule has 0 aromatic heterocycles. The highest BCUT2D eigenvalue weighted by Gasteiger charge is 2.48. The first-order chi connectivity index (χ1) is 11.1. The summed E-state index contributed by atoms with van der Waals surface area (Å²) in [4.78, 5) is 4.45. The van der Waals surface area contributed by atoms with Crippen molar-refractivity contribution < 1.29 is 4.39 Å². The summed E-state index contributed by atoms with van der Waals surface area (Å²) in [7, 11) is 0. The third-order valence-electron chi connectivity index (χ3n) is 5.02. The topological polar surface area (TPSA) is 32.5 Å². The number of benzene rings is 2. The van der Waals surface area contributed by atoms with Gasteiger partial charge in [-0.2, -0.15) is 0 Å². The lowest BCUT2D eigenvalue weighted by atomic mass is 9.78. The summed E-state index contributed by atoms with van der Waals surface area (Å²) in [6.07, 6.45) is 1.12. The molecule has 2 aromatic carbocycles. The molecule has 2 N–H and O–H groups in total. The standard InChI is InChI=1S/C18H19ClFN3/c19-13-5-6-16(14(20)9-13)23-11-18(12-23)7-8-22(10-18)17-4-2-1-3-15(17)21/h1-6,9H,7-8,10-12,21H2. The first-order valence-corrected chi connectivity index (χ1v) is 8.24. The Morgan fingerprint density at radius 1 is 1.00 bits per heavy atom. The molecule has 0 saturated carbocycles. The van der Waals surface area contributed by atoms with Gasteiger partial charge in [0.05, 0.1) is 17.1 Å². The second-order valence-corrected chi connectivity index (χ2v) is 7.12. The highest BCUT2D eigenvalue weighted by molar-refractivity contribution is 6.30. The van der Waals surface area contributed by atoms with Gasteiger partial charge in [-0.1, -0.05) is 23.7 Å². The number of hydrogen-bond donors (Lipinski definition) is 1. The van der Waals surface area contributed by atoms with Crippen molar-refractivity contribution in [2.45, 2.75) is 6.42 Å². The molecule has 2 aliphatic rings. The maximum absolute atomic E-state index is 14.0. The molecule has 2 heterocycles. The number of nitrogens with two attached hydrogens (primary N) is 1. The number of halogens is 2. The molecule has 2 aliphatic heterocycles. The molecule has 0 unspecified atom stereocenters. The summed E-state index contributed by atoms with van der Waals surface area (Å²) in [5.74, 6) is -0.241. The molecule has 2 aromatic rings. The maximum atomic E-state index is 14.0. The van der Waals surface area contributed by atoms with Crippen LogP contribution in [0.4, 0.5) is 21.5 Å². The Balaban J connectivity index is 1.46. The first kappa shape index (κ1) is 14.6. The van der Waals surface area contributed by atoms with Crippen molar-refractivity contribution in [2.24, 2.45) is 5.41 Å². The lowest BCUT2D eigenvalue weighted by Crippen LogP contribution is -2.58. The Hall–Kier alpha value is -1.94. The van der Waals surface area contributed by atoms with Crippen LogP contribution in [0, 0.1) is 11.2 Å². The summed E-state index contributed by atoms with van der Waals surface area (Å²) in [6, 6.07) is 12.9. The van der Waals surface area contributed by atoms with E-state index in [-0.39, 0.29) is 11.2 Å². The zero-order valence-corrected chi connectivity index (χ0v) is 13.6. The molecule has 1 spiro atoms. The second kappa shape index (κ2) is 5.31. The minimum absolute atomic E-state index is 0.241. The van der Waals surface area contributed by atoms with Crippen LogP contribution in [0.2, 0.25) is 5.02 Å². The van der Waals surface area contributed by atoms with Crippen LogP contribution in [-0.4, -0.2) is 26.2 Å². The van der Waals surface area contributed by atoms with Crippen LogP contribution in [0.1, 0.15) is 6.42 Å². The summed E-state index contributed by atoms with van der Waals surface area (Å²) >= 11 is 5.83. The average molecular weight is 332 g/mol. The molecule has 2 saturated heterocycles. The van der Waals surface area contributed by atoms with Crippen LogP contribution in [-0.2, 0) is 0 Å². The Kier molecular flexibility index (Phi) is 3.38. The van der Waals surface area contributed by atoms with Gasteiger partial charge in [0.2, 0.25) is 0 Å². The van der Waals surface area contributed by atoms with Crippen LogP contribution in [0.3, 0.4) is 0 Å². The molecule has 0 aliphatic carbocycles. The third kappa shape index (κ3) is 2.51. The van der Waals surface area contributed by atoms with Gasteiger partial charge in [-0.05, 0) is 36.8 Å². The monoisotopic (exact) mass is 331 g/mol. The zero-order chi connectivity index (χ0) is 16.0. The van der Waals surface area contributed by atoms with Crippen LogP contribution in [0.5, 0.6) is 0 Å². The Morgan fingerprint density at radius 3 is 2.48 bits per heavy atom. The minimum atomic E-state index is -0.241. The van der Waals surface area contributed by atoms with Gasteiger partial charge in [-0.3, -0.25) is 0 Å². The van der Waals surface area contributed by atoms with Crippen LogP contribution in [0.15, 0.2) is 42.5 Å². The molecule has 0 radical (unpaired) electrons. The van der Waals surface area contributed by atoms with Gasteiger partial charge in [-0.15, -0.1) is 0 Å². The lowest BCUT2D eigenvalue weighted by molar-refractivity contribution is 0.244. The quantitative estimate of drug-likeness (QED) is 0.850. The molecule has 2 fully saturated rings. The smallest absolute Gasteiger partial charge is 0.147 e. The van der Waals surface area contributed by atoms with Crippen molar-refractivity contribution in [1.82, 2.24) is 0 Å². The highest BCUT2D eigenvalue weighted by atomic mass is 35.5. The number of nitrogen functional groups attached to an aromatic ring is 1.